The van der Waals surface area contributed by atoms with Gasteiger partial charge in [0.05, 0.1) is 7.11 Å². The standard InChI is InChI=1S/C15H16O3/c1-15(17,11-6-4-3-5-7-11)13-10-12(18-2)8-9-14(13)16/h3-10,16-17H,1-2H3. The first-order valence-corrected chi connectivity index (χ1v) is 5.71. The molecule has 0 aliphatic carbocycles. The molecular formula is C15H16O3. The Bertz CT molecular complexity index is 533. The number of hydrogen-bond acceptors (Lipinski definition) is 3. The Morgan fingerprint density at radius 2 is 1.72 bits per heavy atom. The minimum atomic E-state index is -1.26. The topological polar surface area (TPSA) is 49.7 Å². The fourth-order valence-corrected chi connectivity index (χ4v) is 1.95. The lowest BCUT2D eigenvalue weighted by Gasteiger charge is -2.25. The number of aromatic hydroxyl groups is 1. The van der Waals surface area contributed by atoms with Gasteiger partial charge in [0, 0.05) is 5.56 Å². The molecule has 2 rings (SSSR count). The molecule has 94 valence electrons. The molecule has 2 N–H and O–H groups in total. The second-order valence-corrected chi connectivity index (χ2v) is 4.32. The molecule has 0 saturated heterocycles. The summed E-state index contributed by atoms with van der Waals surface area (Å²) in [5.74, 6) is 0.642. The van der Waals surface area contributed by atoms with Crippen LogP contribution in [0, 0.1) is 0 Å². The van der Waals surface area contributed by atoms with Gasteiger partial charge in [-0.05, 0) is 30.7 Å². The van der Waals surface area contributed by atoms with E-state index < -0.39 is 5.60 Å². The van der Waals surface area contributed by atoms with Gasteiger partial charge in [-0.15, -0.1) is 0 Å². The Balaban J connectivity index is 2.53. The number of methoxy groups -OCH3 is 1. The van der Waals surface area contributed by atoms with Crippen molar-refractivity contribution in [1.29, 1.82) is 0 Å². The quantitative estimate of drug-likeness (QED) is 0.872. The molecule has 1 atom stereocenters. The molecule has 0 heterocycles. The molecule has 0 aliphatic rings. The van der Waals surface area contributed by atoms with Gasteiger partial charge in [0.15, 0.2) is 0 Å². The summed E-state index contributed by atoms with van der Waals surface area (Å²) in [6.07, 6.45) is 0. The number of ether oxygens (including phenoxy) is 1. The van der Waals surface area contributed by atoms with Crippen LogP contribution in [0.3, 0.4) is 0 Å². The van der Waals surface area contributed by atoms with E-state index in [9.17, 15) is 10.2 Å². The molecule has 3 nitrogen and oxygen atoms in total. The van der Waals surface area contributed by atoms with E-state index in [0.29, 0.717) is 16.9 Å². The Hall–Kier alpha value is -2.00. The minimum absolute atomic E-state index is 0.0460. The number of hydrogen-bond donors (Lipinski definition) is 2. The van der Waals surface area contributed by atoms with Crippen LogP contribution in [0.5, 0.6) is 11.5 Å². The second-order valence-electron chi connectivity index (χ2n) is 4.32. The Kier molecular flexibility index (Phi) is 3.26. The summed E-state index contributed by atoms with van der Waals surface area (Å²) >= 11 is 0. The van der Waals surface area contributed by atoms with E-state index in [0.717, 1.165) is 0 Å². The van der Waals surface area contributed by atoms with Crippen molar-refractivity contribution < 1.29 is 14.9 Å². The van der Waals surface area contributed by atoms with Crippen molar-refractivity contribution in [3.63, 3.8) is 0 Å². The molecule has 0 saturated carbocycles. The van der Waals surface area contributed by atoms with Crippen LogP contribution in [0.2, 0.25) is 0 Å². The van der Waals surface area contributed by atoms with Crippen molar-refractivity contribution in [3.05, 3.63) is 59.7 Å². The van der Waals surface area contributed by atoms with Crippen LogP contribution in [0.1, 0.15) is 18.1 Å². The molecule has 0 amide bonds. The highest BCUT2D eigenvalue weighted by molar-refractivity contribution is 5.47. The maximum absolute atomic E-state index is 10.6. The fourth-order valence-electron chi connectivity index (χ4n) is 1.95. The number of aliphatic hydroxyl groups is 1. The van der Waals surface area contributed by atoms with Crippen LogP contribution >= 0.6 is 0 Å². The molecule has 2 aromatic carbocycles. The summed E-state index contributed by atoms with van der Waals surface area (Å²) in [6.45, 7) is 1.65. The molecule has 2 aromatic rings. The first kappa shape index (κ1) is 12.5. The third-order valence-electron chi connectivity index (χ3n) is 3.06. The summed E-state index contributed by atoms with van der Waals surface area (Å²) in [4.78, 5) is 0. The third-order valence-corrected chi connectivity index (χ3v) is 3.06. The molecule has 0 aliphatic heterocycles. The van der Waals surface area contributed by atoms with Crippen LogP contribution in [-0.4, -0.2) is 17.3 Å². The number of benzene rings is 2. The lowest BCUT2D eigenvalue weighted by molar-refractivity contribution is 0.0989. The van der Waals surface area contributed by atoms with Crippen LogP contribution < -0.4 is 4.74 Å². The Labute approximate surface area is 106 Å². The zero-order chi connectivity index (χ0) is 13.2. The Morgan fingerprint density at radius 1 is 1.06 bits per heavy atom. The zero-order valence-corrected chi connectivity index (χ0v) is 10.4. The second kappa shape index (κ2) is 4.70. The maximum atomic E-state index is 10.6. The molecule has 3 heteroatoms. The lowest BCUT2D eigenvalue weighted by Crippen LogP contribution is -2.22. The van der Waals surface area contributed by atoms with E-state index >= 15 is 0 Å². The number of rotatable bonds is 3. The molecule has 0 spiro atoms. The van der Waals surface area contributed by atoms with Crippen molar-refractivity contribution in [2.24, 2.45) is 0 Å². The van der Waals surface area contributed by atoms with Crippen molar-refractivity contribution in [3.8, 4) is 11.5 Å². The monoisotopic (exact) mass is 244 g/mol. The smallest absolute Gasteiger partial charge is 0.122 e. The van der Waals surface area contributed by atoms with Crippen LogP contribution in [0.15, 0.2) is 48.5 Å². The molecule has 0 bridgehead atoms. The van der Waals surface area contributed by atoms with Crippen molar-refractivity contribution in [2.75, 3.05) is 7.11 Å². The predicted molar refractivity (Wildman–Crippen MR) is 69.8 cm³/mol. The predicted octanol–water partition coefficient (Wildman–Crippen LogP) is 2.66. The largest absolute Gasteiger partial charge is 0.508 e. The first-order chi connectivity index (χ1) is 8.55. The van der Waals surface area contributed by atoms with Gasteiger partial charge in [-0.25, -0.2) is 0 Å². The highest BCUT2D eigenvalue weighted by atomic mass is 16.5. The van der Waals surface area contributed by atoms with E-state index in [1.807, 2.05) is 30.3 Å². The molecule has 0 aromatic heterocycles. The molecule has 1 unspecified atom stereocenters. The van der Waals surface area contributed by atoms with E-state index in [2.05, 4.69) is 0 Å². The summed E-state index contributed by atoms with van der Waals surface area (Å²) in [5, 5.41) is 20.6. The summed E-state index contributed by atoms with van der Waals surface area (Å²) in [6, 6.07) is 14.0. The summed E-state index contributed by atoms with van der Waals surface area (Å²) in [7, 11) is 1.55. The average Bonchev–Trinajstić information content (AvgIpc) is 2.40. The normalized spacial score (nSPS) is 13.9. The molecule has 18 heavy (non-hydrogen) atoms. The first-order valence-electron chi connectivity index (χ1n) is 5.71. The third kappa shape index (κ3) is 2.17. The number of phenols is 1. The molecular weight excluding hydrogens is 228 g/mol. The van der Waals surface area contributed by atoms with Crippen LogP contribution in [0.25, 0.3) is 0 Å². The number of phenolic OH excluding ortho intramolecular Hbond substituents is 1. The van der Waals surface area contributed by atoms with Gasteiger partial charge in [-0.2, -0.15) is 0 Å². The highest BCUT2D eigenvalue weighted by Crippen LogP contribution is 2.36. The van der Waals surface area contributed by atoms with Gasteiger partial charge in [0.25, 0.3) is 0 Å². The van der Waals surface area contributed by atoms with Gasteiger partial charge in [0.2, 0.25) is 0 Å². The van der Waals surface area contributed by atoms with Crippen molar-refractivity contribution in [2.45, 2.75) is 12.5 Å². The molecule has 0 fully saturated rings. The maximum Gasteiger partial charge on any atom is 0.122 e. The van der Waals surface area contributed by atoms with Gasteiger partial charge < -0.3 is 14.9 Å². The fraction of sp³-hybridized carbons (Fsp3) is 0.200. The van der Waals surface area contributed by atoms with E-state index in [1.165, 1.54) is 6.07 Å². The SMILES string of the molecule is COc1ccc(O)c(C(C)(O)c2ccccc2)c1. The van der Waals surface area contributed by atoms with Gasteiger partial charge in [-0.1, -0.05) is 30.3 Å². The minimum Gasteiger partial charge on any atom is -0.508 e. The van der Waals surface area contributed by atoms with E-state index in [4.69, 9.17) is 4.74 Å². The summed E-state index contributed by atoms with van der Waals surface area (Å²) in [5.41, 5.74) is -0.124. The Morgan fingerprint density at radius 3 is 2.33 bits per heavy atom. The van der Waals surface area contributed by atoms with Crippen molar-refractivity contribution >= 4 is 0 Å². The van der Waals surface area contributed by atoms with Gasteiger partial charge in [-0.3, -0.25) is 0 Å². The average molecular weight is 244 g/mol. The highest BCUT2D eigenvalue weighted by Gasteiger charge is 2.28. The van der Waals surface area contributed by atoms with Crippen LogP contribution in [-0.2, 0) is 5.60 Å². The van der Waals surface area contributed by atoms with Gasteiger partial charge >= 0.3 is 0 Å². The van der Waals surface area contributed by atoms with E-state index in [-0.39, 0.29) is 5.75 Å². The lowest BCUT2D eigenvalue weighted by atomic mass is 9.87. The zero-order valence-electron chi connectivity index (χ0n) is 10.4. The van der Waals surface area contributed by atoms with E-state index in [1.54, 1.807) is 26.2 Å². The van der Waals surface area contributed by atoms with Crippen molar-refractivity contribution in [1.82, 2.24) is 0 Å². The van der Waals surface area contributed by atoms with Gasteiger partial charge in [0.1, 0.15) is 17.1 Å². The summed E-state index contributed by atoms with van der Waals surface area (Å²) < 4.78 is 5.12. The van der Waals surface area contributed by atoms with Crippen LogP contribution in [0.4, 0.5) is 0 Å². The molecule has 0 radical (unpaired) electrons.